The Kier molecular flexibility index (Phi) is 7.05. The van der Waals surface area contributed by atoms with Crippen molar-refractivity contribution in [3.05, 3.63) is 59.8 Å². The highest BCUT2D eigenvalue weighted by Crippen LogP contribution is 2.27. The van der Waals surface area contributed by atoms with Crippen molar-refractivity contribution in [1.29, 1.82) is 0 Å². The molecule has 0 saturated carbocycles. The third kappa shape index (κ3) is 5.66. The quantitative estimate of drug-likeness (QED) is 0.513. The molecule has 0 aliphatic carbocycles. The Morgan fingerprint density at radius 1 is 1.00 bits per heavy atom. The summed E-state index contributed by atoms with van der Waals surface area (Å²) >= 11 is 0. The van der Waals surface area contributed by atoms with Gasteiger partial charge in [0.05, 0.1) is 28.8 Å². The largest absolute Gasteiger partial charge is 0.372 e. The van der Waals surface area contributed by atoms with Gasteiger partial charge < -0.3 is 9.64 Å². The van der Waals surface area contributed by atoms with E-state index in [2.05, 4.69) is 34.1 Å². The van der Waals surface area contributed by atoms with E-state index in [-0.39, 0.29) is 6.10 Å². The average Bonchev–Trinajstić information content (AvgIpc) is 2.87. The number of hydrogen-bond acceptors (Lipinski definition) is 7. The molecule has 2 aliphatic heterocycles. The van der Waals surface area contributed by atoms with E-state index in [0.717, 1.165) is 56.5 Å². The van der Waals surface area contributed by atoms with Gasteiger partial charge in [0, 0.05) is 37.3 Å². The SMILES string of the molecule is Cc1nc(N2CCC(N3CCC[C@@H](OCc4ccccc4)C3)CC2)nc2cc(S(C)(=O)=O)ccc12. The molecule has 2 fully saturated rings. The molecule has 3 aromatic rings. The third-order valence-corrected chi connectivity index (χ3v) is 8.39. The van der Waals surface area contributed by atoms with Gasteiger partial charge >= 0.3 is 0 Å². The van der Waals surface area contributed by atoms with E-state index >= 15 is 0 Å². The van der Waals surface area contributed by atoms with Gasteiger partial charge in [0.15, 0.2) is 9.84 Å². The predicted octanol–water partition coefficient (Wildman–Crippen LogP) is 3.99. The van der Waals surface area contributed by atoms with Gasteiger partial charge in [-0.05, 0) is 62.9 Å². The van der Waals surface area contributed by atoms with Gasteiger partial charge in [0.25, 0.3) is 0 Å². The maximum Gasteiger partial charge on any atom is 0.226 e. The highest BCUT2D eigenvalue weighted by molar-refractivity contribution is 7.90. The number of fused-ring (bicyclic) bond motifs is 1. The van der Waals surface area contributed by atoms with Crippen molar-refractivity contribution < 1.29 is 13.2 Å². The molecule has 2 aliphatic rings. The number of rotatable bonds is 6. The molecule has 5 rings (SSSR count). The van der Waals surface area contributed by atoms with Gasteiger partial charge in [-0.25, -0.2) is 18.4 Å². The monoisotopic (exact) mass is 494 g/mol. The molecule has 0 unspecified atom stereocenters. The first-order chi connectivity index (χ1) is 16.9. The molecule has 0 radical (unpaired) electrons. The molecule has 8 heteroatoms. The van der Waals surface area contributed by atoms with Crippen LogP contribution in [-0.2, 0) is 21.2 Å². The first kappa shape index (κ1) is 24.2. The Bertz CT molecular complexity index is 1270. The fourth-order valence-corrected chi connectivity index (χ4v) is 5.92. The summed E-state index contributed by atoms with van der Waals surface area (Å²) in [4.78, 5) is 14.7. The zero-order valence-corrected chi connectivity index (χ0v) is 21.4. The van der Waals surface area contributed by atoms with E-state index < -0.39 is 9.84 Å². The number of sulfone groups is 1. The van der Waals surface area contributed by atoms with Crippen molar-refractivity contribution >= 4 is 26.7 Å². The minimum atomic E-state index is -3.28. The van der Waals surface area contributed by atoms with Gasteiger partial charge in [-0.15, -0.1) is 0 Å². The summed E-state index contributed by atoms with van der Waals surface area (Å²) < 4.78 is 30.3. The van der Waals surface area contributed by atoms with Crippen molar-refractivity contribution in [2.45, 2.75) is 56.3 Å². The summed E-state index contributed by atoms with van der Waals surface area (Å²) in [6.45, 7) is 6.56. The van der Waals surface area contributed by atoms with Gasteiger partial charge in [-0.1, -0.05) is 30.3 Å². The van der Waals surface area contributed by atoms with Crippen molar-refractivity contribution in [2.24, 2.45) is 0 Å². The highest BCUT2D eigenvalue weighted by Gasteiger charge is 2.30. The Hall–Kier alpha value is -2.55. The molecule has 186 valence electrons. The number of piperidine rings is 2. The average molecular weight is 495 g/mol. The normalized spacial score (nSPS) is 20.4. The molecule has 2 saturated heterocycles. The first-order valence-electron chi connectivity index (χ1n) is 12.5. The van der Waals surface area contributed by atoms with E-state index in [1.165, 1.54) is 18.2 Å². The maximum absolute atomic E-state index is 12.0. The lowest BCUT2D eigenvalue weighted by Crippen LogP contribution is -2.50. The van der Waals surface area contributed by atoms with Crippen LogP contribution in [-0.4, -0.2) is 67.9 Å². The van der Waals surface area contributed by atoms with E-state index in [4.69, 9.17) is 14.7 Å². The fourth-order valence-electron chi connectivity index (χ4n) is 5.28. The summed E-state index contributed by atoms with van der Waals surface area (Å²) in [5, 5.41) is 0.894. The molecule has 3 heterocycles. The number of ether oxygens (including phenoxy) is 1. The Morgan fingerprint density at radius 3 is 2.51 bits per heavy atom. The number of aromatic nitrogens is 2. The van der Waals surface area contributed by atoms with Crippen molar-refractivity contribution in [3.63, 3.8) is 0 Å². The molecular formula is C27H34N4O3S. The molecule has 7 nitrogen and oxygen atoms in total. The van der Waals surface area contributed by atoms with Gasteiger partial charge in [-0.3, -0.25) is 4.90 Å². The lowest BCUT2D eigenvalue weighted by Gasteiger charge is -2.42. The summed E-state index contributed by atoms with van der Waals surface area (Å²) in [5.74, 6) is 0.696. The molecule has 2 aromatic carbocycles. The molecule has 0 amide bonds. The molecule has 0 bridgehead atoms. The Morgan fingerprint density at radius 2 is 1.77 bits per heavy atom. The van der Waals surface area contributed by atoms with Gasteiger partial charge in [0.1, 0.15) is 0 Å². The van der Waals surface area contributed by atoms with E-state index in [1.54, 1.807) is 12.1 Å². The second kappa shape index (κ2) is 10.2. The molecule has 0 spiro atoms. The van der Waals surface area contributed by atoms with Crippen LogP contribution in [0.2, 0.25) is 0 Å². The highest BCUT2D eigenvalue weighted by atomic mass is 32.2. The Labute approximate surface area is 208 Å². The van der Waals surface area contributed by atoms with E-state index in [9.17, 15) is 8.42 Å². The van der Waals surface area contributed by atoms with Crippen LogP contribution in [0.4, 0.5) is 5.95 Å². The van der Waals surface area contributed by atoms with Crippen LogP contribution >= 0.6 is 0 Å². The van der Waals surface area contributed by atoms with E-state index in [0.29, 0.717) is 29.0 Å². The fraction of sp³-hybridized carbons (Fsp3) is 0.481. The van der Waals surface area contributed by atoms with E-state index in [1.807, 2.05) is 19.1 Å². The van der Waals surface area contributed by atoms with Crippen LogP contribution in [0.25, 0.3) is 10.9 Å². The third-order valence-electron chi connectivity index (χ3n) is 7.28. The summed E-state index contributed by atoms with van der Waals surface area (Å²) in [7, 11) is -3.28. The van der Waals surface area contributed by atoms with Crippen LogP contribution < -0.4 is 4.90 Å². The van der Waals surface area contributed by atoms with Gasteiger partial charge in [0.2, 0.25) is 5.95 Å². The minimum Gasteiger partial charge on any atom is -0.372 e. The van der Waals surface area contributed by atoms with Crippen LogP contribution in [0, 0.1) is 6.92 Å². The topological polar surface area (TPSA) is 75.6 Å². The lowest BCUT2D eigenvalue weighted by atomic mass is 9.99. The maximum atomic E-state index is 12.0. The van der Waals surface area contributed by atoms with Crippen LogP contribution in [0.1, 0.15) is 36.9 Å². The molecule has 1 aromatic heterocycles. The zero-order chi connectivity index (χ0) is 24.4. The summed E-state index contributed by atoms with van der Waals surface area (Å²) in [5.41, 5.74) is 2.79. The second-order valence-corrected chi connectivity index (χ2v) is 11.8. The van der Waals surface area contributed by atoms with Crippen molar-refractivity contribution in [3.8, 4) is 0 Å². The lowest BCUT2D eigenvalue weighted by molar-refractivity contribution is -0.0241. The Balaban J connectivity index is 1.21. The van der Waals surface area contributed by atoms with Crippen LogP contribution in [0.3, 0.4) is 0 Å². The number of nitrogens with zero attached hydrogens (tertiary/aromatic N) is 4. The van der Waals surface area contributed by atoms with Gasteiger partial charge in [-0.2, -0.15) is 0 Å². The zero-order valence-electron chi connectivity index (χ0n) is 20.6. The summed E-state index contributed by atoms with van der Waals surface area (Å²) in [6.07, 6.45) is 5.95. The predicted molar refractivity (Wildman–Crippen MR) is 138 cm³/mol. The summed E-state index contributed by atoms with van der Waals surface area (Å²) in [6, 6.07) is 16.1. The van der Waals surface area contributed by atoms with Crippen molar-refractivity contribution in [1.82, 2.24) is 14.9 Å². The first-order valence-corrected chi connectivity index (χ1v) is 14.4. The number of hydrogen-bond donors (Lipinski definition) is 0. The second-order valence-electron chi connectivity index (χ2n) is 9.83. The number of benzene rings is 2. The molecule has 1 atom stereocenters. The smallest absolute Gasteiger partial charge is 0.226 e. The standard InChI is InChI=1S/C27H34N4O3S/c1-20-25-11-10-24(35(2,32)33)17-26(25)29-27(28-20)30-15-12-22(13-16-30)31-14-6-9-23(18-31)34-19-21-7-4-3-5-8-21/h3-5,7-8,10-11,17,22-23H,6,9,12-16,18-19H2,1-2H3/t23-/m1/s1. The number of likely N-dealkylation sites (tertiary alicyclic amines) is 1. The minimum absolute atomic E-state index is 0.289. The van der Waals surface area contributed by atoms with Crippen molar-refractivity contribution in [2.75, 3.05) is 37.3 Å². The number of aryl methyl sites for hydroxylation is 1. The van der Waals surface area contributed by atoms with Crippen LogP contribution in [0.5, 0.6) is 0 Å². The molecular weight excluding hydrogens is 460 g/mol. The molecule has 35 heavy (non-hydrogen) atoms. The molecule has 0 N–H and O–H groups in total. The van der Waals surface area contributed by atoms with Crippen LogP contribution in [0.15, 0.2) is 53.4 Å². The number of anilines is 1.